The monoisotopic (exact) mass is 424 g/mol. The number of hydrogen-bond donors (Lipinski definition) is 1. The van der Waals surface area contributed by atoms with Gasteiger partial charge in [-0.05, 0) is 56.9 Å². The van der Waals surface area contributed by atoms with Gasteiger partial charge in [0.25, 0.3) is 0 Å². The topological polar surface area (TPSA) is 62.4 Å². The van der Waals surface area contributed by atoms with Gasteiger partial charge in [0.1, 0.15) is 5.60 Å². The molecular formula is C24H25ClN2O3. The Labute approximate surface area is 181 Å². The highest BCUT2D eigenvalue weighted by Crippen LogP contribution is 2.36. The lowest BCUT2D eigenvalue weighted by Gasteiger charge is -2.29. The molecule has 0 spiro atoms. The van der Waals surface area contributed by atoms with E-state index in [9.17, 15) is 9.59 Å². The number of aromatic nitrogens is 1. The second-order valence-corrected chi connectivity index (χ2v) is 9.10. The standard InChI is InChI=1S/C24H25ClN2O3/c1-24(2,3)30-23(29)27-10-4-5-22(27)16-8-6-15(7-9-16)18-11-19-17(14-28)13-26-21(19)12-20(18)25/h6-9,11-14,22,26H,4-5,10H2,1-3H3. The van der Waals surface area contributed by atoms with E-state index in [1.54, 1.807) is 6.20 Å². The third-order valence-electron chi connectivity index (χ3n) is 5.42. The summed E-state index contributed by atoms with van der Waals surface area (Å²) in [5, 5.41) is 1.46. The predicted molar refractivity (Wildman–Crippen MR) is 119 cm³/mol. The fourth-order valence-electron chi connectivity index (χ4n) is 4.02. The van der Waals surface area contributed by atoms with Crippen molar-refractivity contribution in [2.75, 3.05) is 6.54 Å². The molecule has 5 nitrogen and oxygen atoms in total. The van der Waals surface area contributed by atoms with Crippen molar-refractivity contribution in [3.05, 3.63) is 58.7 Å². The number of benzene rings is 2. The molecule has 1 unspecified atom stereocenters. The van der Waals surface area contributed by atoms with E-state index < -0.39 is 5.60 Å². The first-order valence-corrected chi connectivity index (χ1v) is 10.5. The van der Waals surface area contributed by atoms with Crippen molar-refractivity contribution >= 4 is 34.9 Å². The third-order valence-corrected chi connectivity index (χ3v) is 5.73. The highest BCUT2D eigenvalue weighted by atomic mass is 35.5. The molecule has 1 aliphatic heterocycles. The summed E-state index contributed by atoms with van der Waals surface area (Å²) in [6, 6.07) is 11.9. The van der Waals surface area contributed by atoms with E-state index >= 15 is 0 Å². The highest BCUT2D eigenvalue weighted by molar-refractivity contribution is 6.34. The van der Waals surface area contributed by atoms with E-state index in [1.807, 2.05) is 62.1 Å². The van der Waals surface area contributed by atoms with Crippen molar-refractivity contribution in [3.63, 3.8) is 0 Å². The molecule has 2 heterocycles. The smallest absolute Gasteiger partial charge is 0.410 e. The van der Waals surface area contributed by atoms with Crippen LogP contribution in [0.2, 0.25) is 5.02 Å². The van der Waals surface area contributed by atoms with E-state index in [-0.39, 0.29) is 12.1 Å². The van der Waals surface area contributed by atoms with Gasteiger partial charge in [-0.3, -0.25) is 4.79 Å². The van der Waals surface area contributed by atoms with E-state index in [0.29, 0.717) is 17.1 Å². The Morgan fingerprint density at radius 1 is 1.23 bits per heavy atom. The molecule has 1 amide bonds. The molecule has 6 heteroatoms. The summed E-state index contributed by atoms with van der Waals surface area (Å²) in [5.41, 5.74) is 3.84. The lowest BCUT2D eigenvalue weighted by Crippen LogP contribution is -2.36. The van der Waals surface area contributed by atoms with E-state index in [2.05, 4.69) is 4.98 Å². The highest BCUT2D eigenvalue weighted by Gasteiger charge is 2.33. The van der Waals surface area contributed by atoms with Crippen LogP contribution in [0.3, 0.4) is 0 Å². The number of amides is 1. The van der Waals surface area contributed by atoms with Gasteiger partial charge in [0.15, 0.2) is 6.29 Å². The number of fused-ring (bicyclic) bond motifs is 1. The number of hydrogen-bond acceptors (Lipinski definition) is 3. The number of likely N-dealkylation sites (tertiary alicyclic amines) is 1. The van der Waals surface area contributed by atoms with Crippen LogP contribution in [-0.2, 0) is 4.74 Å². The second kappa shape index (κ2) is 7.80. The number of halogens is 1. The number of carbonyl (C=O) groups is 2. The number of aldehydes is 1. The number of aromatic amines is 1. The second-order valence-electron chi connectivity index (χ2n) is 8.69. The number of nitrogens with one attached hydrogen (secondary N) is 1. The molecule has 1 N–H and O–H groups in total. The molecule has 2 aromatic carbocycles. The molecule has 0 aliphatic carbocycles. The van der Waals surface area contributed by atoms with Crippen LogP contribution in [0, 0.1) is 0 Å². The molecule has 4 rings (SSSR count). The van der Waals surface area contributed by atoms with Crippen LogP contribution in [0.4, 0.5) is 4.79 Å². The fourth-order valence-corrected chi connectivity index (χ4v) is 4.29. The van der Waals surface area contributed by atoms with Crippen LogP contribution in [0.5, 0.6) is 0 Å². The normalized spacial score (nSPS) is 16.8. The molecule has 0 saturated carbocycles. The van der Waals surface area contributed by atoms with Gasteiger partial charge in [0.2, 0.25) is 0 Å². The van der Waals surface area contributed by atoms with Crippen molar-refractivity contribution in [2.24, 2.45) is 0 Å². The quantitative estimate of drug-likeness (QED) is 0.496. The first kappa shape index (κ1) is 20.5. The zero-order chi connectivity index (χ0) is 21.5. The molecule has 0 bridgehead atoms. The number of ether oxygens (including phenoxy) is 1. The Bertz CT molecular complexity index is 1100. The van der Waals surface area contributed by atoms with Gasteiger partial charge >= 0.3 is 6.09 Å². The average molecular weight is 425 g/mol. The summed E-state index contributed by atoms with van der Waals surface area (Å²) < 4.78 is 5.58. The largest absolute Gasteiger partial charge is 0.444 e. The third kappa shape index (κ3) is 3.94. The number of H-pyrrole nitrogens is 1. The fraction of sp³-hybridized carbons (Fsp3) is 0.333. The Morgan fingerprint density at radius 3 is 2.63 bits per heavy atom. The maximum Gasteiger partial charge on any atom is 0.410 e. The molecule has 1 saturated heterocycles. The van der Waals surface area contributed by atoms with Crippen molar-refractivity contribution < 1.29 is 14.3 Å². The molecule has 1 aromatic heterocycles. The van der Waals surface area contributed by atoms with Crippen molar-refractivity contribution in [1.29, 1.82) is 0 Å². The molecule has 1 aliphatic rings. The number of nitrogens with zero attached hydrogens (tertiary/aromatic N) is 1. The summed E-state index contributed by atoms with van der Waals surface area (Å²) >= 11 is 6.51. The first-order chi connectivity index (χ1) is 14.3. The van der Waals surface area contributed by atoms with Gasteiger partial charge in [-0.25, -0.2) is 4.79 Å². The molecule has 1 fully saturated rings. The summed E-state index contributed by atoms with van der Waals surface area (Å²) in [7, 11) is 0. The maximum atomic E-state index is 12.6. The summed E-state index contributed by atoms with van der Waals surface area (Å²) in [6.45, 7) is 6.34. The van der Waals surface area contributed by atoms with Crippen LogP contribution >= 0.6 is 11.6 Å². The molecular weight excluding hydrogens is 400 g/mol. The summed E-state index contributed by atoms with van der Waals surface area (Å²) in [6.07, 6.45) is 4.13. The van der Waals surface area contributed by atoms with Crippen molar-refractivity contribution in [3.8, 4) is 11.1 Å². The van der Waals surface area contributed by atoms with E-state index in [0.717, 1.165) is 46.7 Å². The Balaban J connectivity index is 1.61. The van der Waals surface area contributed by atoms with Gasteiger partial charge in [-0.2, -0.15) is 0 Å². The number of carbonyl (C=O) groups excluding carboxylic acids is 2. The SMILES string of the molecule is CC(C)(C)OC(=O)N1CCCC1c1ccc(-c2cc3c(C=O)c[nH]c3cc2Cl)cc1. The van der Waals surface area contributed by atoms with E-state index in [1.165, 1.54) is 0 Å². The van der Waals surface area contributed by atoms with Crippen LogP contribution in [-0.4, -0.2) is 34.4 Å². The minimum Gasteiger partial charge on any atom is -0.444 e. The van der Waals surface area contributed by atoms with Gasteiger partial charge in [0, 0.05) is 34.8 Å². The molecule has 1 atom stereocenters. The van der Waals surface area contributed by atoms with Gasteiger partial charge in [-0.15, -0.1) is 0 Å². The maximum absolute atomic E-state index is 12.6. The molecule has 156 valence electrons. The average Bonchev–Trinajstić information content (AvgIpc) is 3.33. The predicted octanol–water partition coefficient (Wildman–Crippen LogP) is 6.37. The van der Waals surface area contributed by atoms with Gasteiger partial charge in [0.05, 0.1) is 11.1 Å². The minimum atomic E-state index is -0.512. The molecule has 3 aromatic rings. The van der Waals surface area contributed by atoms with E-state index in [4.69, 9.17) is 16.3 Å². The van der Waals surface area contributed by atoms with Crippen LogP contribution in [0.15, 0.2) is 42.6 Å². The first-order valence-electron chi connectivity index (χ1n) is 10.1. The van der Waals surface area contributed by atoms with Crippen LogP contribution < -0.4 is 0 Å². The Morgan fingerprint density at radius 2 is 1.97 bits per heavy atom. The lowest BCUT2D eigenvalue weighted by molar-refractivity contribution is 0.0224. The Hall–Kier alpha value is -2.79. The zero-order valence-corrected chi connectivity index (χ0v) is 18.1. The molecule has 30 heavy (non-hydrogen) atoms. The zero-order valence-electron chi connectivity index (χ0n) is 17.4. The minimum absolute atomic E-state index is 0.0122. The molecule has 0 radical (unpaired) electrons. The van der Waals surface area contributed by atoms with Crippen molar-refractivity contribution in [1.82, 2.24) is 9.88 Å². The van der Waals surface area contributed by atoms with Crippen LogP contribution in [0.25, 0.3) is 22.0 Å². The van der Waals surface area contributed by atoms with Gasteiger partial charge in [-0.1, -0.05) is 35.9 Å². The van der Waals surface area contributed by atoms with Crippen LogP contribution in [0.1, 0.15) is 55.6 Å². The Kier molecular flexibility index (Phi) is 5.33. The number of rotatable bonds is 3. The lowest BCUT2D eigenvalue weighted by atomic mass is 9.98. The van der Waals surface area contributed by atoms with Crippen molar-refractivity contribution in [2.45, 2.75) is 45.3 Å². The van der Waals surface area contributed by atoms with Gasteiger partial charge < -0.3 is 14.6 Å². The summed E-state index contributed by atoms with van der Waals surface area (Å²) in [5.74, 6) is 0. The summed E-state index contributed by atoms with van der Waals surface area (Å²) in [4.78, 5) is 28.8.